The second-order valence-corrected chi connectivity index (χ2v) is 8.47. The molecule has 2 aliphatic heterocycles. The molecule has 2 aromatic carbocycles. The zero-order valence-electron chi connectivity index (χ0n) is 17.3. The number of carbonyl (C=O) groups is 2. The molecule has 8 heteroatoms. The Morgan fingerprint density at radius 3 is 2.91 bits per heavy atom. The number of amides is 2. The van der Waals surface area contributed by atoms with E-state index in [0.29, 0.717) is 41.7 Å². The summed E-state index contributed by atoms with van der Waals surface area (Å²) in [5, 5.41) is 7.13. The number of para-hydroxylation sites is 1. The largest absolute Gasteiger partial charge is 0.493 e. The van der Waals surface area contributed by atoms with Gasteiger partial charge in [-0.25, -0.2) is 0 Å². The van der Waals surface area contributed by atoms with Crippen LogP contribution in [-0.4, -0.2) is 41.6 Å². The van der Waals surface area contributed by atoms with E-state index in [0.717, 1.165) is 30.6 Å². The second kappa shape index (κ2) is 8.67. The molecule has 1 unspecified atom stereocenters. The Bertz CT molecular complexity index is 1180. The predicted molar refractivity (Wildman–Crippen MR) is 119 cm³/mol. The van der Waals surface area contributed by atoms with Crippen LogP contribution in [0.2, 0.25) is 5.02 Å². The summed E-state index contributed by atoms with van der Waals surface area (Å²) in [5.74, 6) is 1.06. The van der Waals surface area contributed by atoms with Crippen molar-refractivity contribution < 1.29 is 18.8 Å². The number of likely N-dealkylation sites (tertiary alicyclic amines) is 1. The maximum Gasteiger partial charge on any atom is 0.277 e. The van der Waals surface area contributed by atoms with Gasteiger partial charge in [0.2, 0.25) is 0 Å². The number of nitrogens with zero attached hydrogens (tertiary/aromatic N) is 2. The average molecular weight is 452 g/mol. The van der Waals surface area contributed by atoms with Crippen molar-refractivity contribution in [3.05, 3.63) is 76.1 Å². The number of nitrogens with one attached hydrogen (secondary N) is 1. The first kappa shape index (κ1) is 20.6. The van der Waals surface area contributed by atoms with Crippen molar-refractivity contribution in [2.24, 2.45) is 0 Å². The Labute approximate surface area is 190 Å². The molecule has 0 bridgehead atoms. The van der Waals surface area contributed by atoms with Gasteiger partial charge >= 0.3 is 0 Å². The fourth-order valence-electron chi connectivity index (χ4n) is 4.23. The number of aromatic nitrogens is 1. The van der Waals surface area contributed by atoms with Gasteiger partial charge in [-0.2, -0.15) is 0 Å². The first-order valence-electron chi connectivity index (χ1n) is 10.7. The lowest BCUT2D eigenvalue weighted by Crippen LogP contribution is -2.39. The summed E-state index contributed by atoms with van der Waals surface area (Å²) in [7, 11) is 0. The number of piperidine rings is 1. The molecule has 7 nitrogen and oxygen atoms in total. The molecule has 0 saturated carbocycles. The van der Waals surface area contributed by atoms with Crippen molar-refractivity contribution >= 4 is 29.1 Å². The van der Waals surface area contributed by atoms with Crippen LogP contribution < -0.4 is 10.1 Å². The van der Waals surface area contributed by atoms with Crippen LogP contribution >= 0.6 is 11.6 Å². The number of anilines is 1. The third-order valence-electron chi connectivity index (χ3n) is 5.93. The SMILES string of the molecule is O=C(Nc1ccccc1Cl)c1cc(C2CCCN(C(=O)c3ccc4c(c3)CCO4)C2)on1. The van der Waals surface area contributed by atoms with Crippen LogP contribution in [0.3, 0.4) is 0 Å². The van der Waals surface area contributed by atoms with Gasteiger partial charge in [-0.15, -0.1) is 0 Å². The summed E-state index contributed by atoms with van der Waals surface area (Å²) >= 11 is 6.11. The Balaban J connectivity index is 1.27. The van der Waals surface area contributed by atoms with E-state index in [1.807, 2.05) is 23.1 Å². The fraction of sp³-hybridized carbons (Fsp3) is 0.292. The standard InChI is InChI=1S/C24H22ClN3O4/c25-18-5-1-2-6-19(18)26-23(29)20-13-22(32-27-20)17-4-3-10-28(14-17)24(30)16-7-8-21-15(12-16)9-11-31-21/h1-2,5-8,12-13,17H,3-4,9-11,14H2,(H,26,29). The van der Waals surface area contributed by atoms with E-state index in [-0.39, 0.29) is 17.5 Å². The molecule has 32 heavy (non-hydrogen) atoms. The van der Waals surface area contributed by atoms with Gasteiger partial charge in [0.1, 0.15) is 11.5 Å². The van der Waals surface area contributed by atoms with Gasteiger partial charge in [-0.1, -0.05) is 28.9 Å². The third-order valence-corrected chi connectivity index (χ3v) is 6.26. The summed E-state index contributed by atoms with van der Waals surface area (Å²) < 4.78 is 11.0. The Hall–Kier alpha value is -3.32. The van der Waals surface area contributed by atoms with Crippen molar-refractivity contribution in [1.82, 2.24) is 10.1 Å². The Morgan fingerprint density at radius 1 is 1.16 bits per heavy atom. The van der Waals surface area contributed by atoms with Crippen molar-refractivity contribution in [3.8, 4) is 5.75 Å². The van der Waals surface area contributed by atoms with Crippen LogP contribution in [0.1, 0.15) is 50.9 Å². The maximum absolute atomic E-state index is 13.1. The van der Waals surface area contributed by atoms with E-state index in [2.05, 4.69) is 10.5 Å². The van der Waals surface area contributed by atoms with Gasteiger partial charge in [0.05, 0.1) is 17.3 Å². The van der Waals surface area contributed by atoms with Gasteiger partial charge in [0.25, 0.3) is 11.8 Å². The topological polar surface area (TPSA) is 84.7 Å². The minimum Gasteiger partial charge on any atom is -0.493 e. The van der Waals surface area contributed by atoms with Gasteiger partial charge in [-0.05, 0) is 48.7 Å². The van der Waals surface area contributed by atoms with E-state index in [1.165, 1.54) is 0 Å². The van der Waals surface area contributed by atoms with Crippen molar-refractivity contribution in [2.45, 2.75) is 25.2 Å². The van der Waals surface area contributed by atoms with E-state index in [4.69, 9.17) is 20.9 Å². The summed E-state index contributed by atoms with van der Waals surface area (Å²) in [6.07, 6.45) is 2.55. The summed E-state index contributed by atoms with van der Waals surface area (Å²) in [6.45, 7) is 1.88. The highest BCUT2D eigenvalue weighted by atomic mass is 35.5. The minimum atomic E-state index is -0.391. The molecule has 2 amide bonds. The predicted octanol–water partition coefficient (Wildman–Crippen LogP) is 4.54. The number of hydrogen-bond donors (Lipinski definition) is 1. The number of ether oxygens (including phenoxy) is 1. The van der Waals surface area contributed by atoms with Crippen LogP contribution in [0.4, 0.5) is 5.69 Å². The first-order valence-corrected chi connectivity index (χ1v) is 11.0. The third kappa shape index (κ3) is 4.08. The monoisotopic (exact) mass is 451 g/mol. The summed E-state index contributed by atoms with van der Waals surface area (Å²) in [6, 6.07) is 14.3. The molecule has 164 valence electrons. The van der Waals surface area contributed by atoms with Crippen LogP contribution in [0.25, 0.3) is 0 Å². The van der Waals surface area contributed by atoms with Crippen LogP contribution in [0, 0.1) is 0 Å². The lowest BCUT2D eigenvalue weighted by Gasteiger charge is -2.31. The highest BCUT2D eigenvalue weighted by Crippen LogP contribution is 2.30. The molecule has 1 aromatic heterocycles. The summed E-state index contributed by atoms with van der Waals surface area (Å²) in [5.41, 5.74) is 2.45. The molecule has 2 aliphatic rings. The van der Waals surface area contributed by atoms with Crippen molar-refractivity contribution in [1.29, 1.82) is 0 Å². The van der Waals surface area contributed by atoms with Crippen molar-refractivity contribution in [2.75, 3.05) is 25.0 Å². The lowest BCUT2D eigenvalue weighted by molar-refractivity contribution is 0.0697. The molecule has 3 aromatic rings. The van der Waals surface area contributed by atoms with Gasteiger partial charge in [-0.3, -0.25) is 9.59 Å². The molecule has 1 N–H and O–H groups in total. The molecular weight excluding hydrogens is 430 g/mol. The highest BCUT2D eigenvalue weighted by Gasteiger charge is 2.29. The fourth-order valence-corrected chi connectivity index (χ4v) is 4.42. The molecule has 0 spiro atoms. The highest BCUT2D eigenvalue weighted by molar-refractivity contribution is 6.33. The van der Waals surface area contributed by atoms with Crippen molar-refractivity contribution in [3.63, 3.8) is 0 Å². The Morgan fingerprint density at radius 2 is 2.03 bits per heavy atom. The normalized spacial score (nSPS) is 17.5. The molecule has 1 atom stereocenters. The number of fused-ring (bicyclic) bond motifs is 1. The zero-order valence-corrected chi connectivity index (χ0v) is 18.1. The first-order chi connectivity index (χ1) is 15.6. The van der Waals surface area contributed by atoms with Crippen LogP contribution in [0.5, 0.6) is 5.75 Å². The van der Waals surface area contributed by atoms with Gasteiger partial charge in [0, 0.05) is 37.1 Å². The molecule has 5 rings (SSSR count). The number of halogens is 1. The number of benzene rings is 2. The number of carbonyl (C=O) groups excluding carboxylic acids is 2. The van der Waals surface area contributed by atoms with E-state index >= 15 is 0 Å². The van der Waals surface area contributed by atoms with Crippen LogP contribution in [-0.2, 0) is 6.42 Å². The average Bonchev–Trinajstić information content (AvgIpc) is 3.49. The Kier molecular flexibility index (Phi) is 5.57. The molecule has 1 fully saturated rings. The molecule has 0 radical (unpaired) electrons. The minimum absolute atomic E-state index is 0.000557. The molecular formula is C24H22ClN3O4. The smallest absolute Gasteiger partial charge is 0.277 e. The van der Waals surface area contributed by atoms with E-state index < -0.39 is 5.91 Å². The lowest BCUT2D eigenvalue weighted by atomic mass is 9.94. The van der Waals surface area contributed by atoms with Crippen LogP contribution in [0.15, 0.2) is 53.1 Å². The quantitative estimate of drug-likeness (QED) is 0.629. The van der Waals surface area contributed by atoms with E-state index in [1.54, 1.807) is 30.3 Å². The number of hydrogen-bond acceptors (Lipinski definition) is 5. The van der Waals surface area contributed by atoms with Gasteiger partial charge in [0.15, 0.2) is 5.69 Å². The zero-order chi connectivity index (χ0) is 22.1. The molecule has 3 heterocycles. The molecule has 1 saturated heterocycles. The molecule has 0 aliphatic carbocycles. The maximum atomic E-state index is 13.1. The summed E-state index contributed by atoms with van der Waals surface area (Å²) in [4.78, 5) is 27.5. The van der Waals surface area contributed by atoms with E-state index in [9.17, 15) is 9.59 Å². The van der Waals surface area contributed by atoms with Gasteiger partial charge < -0.3 is 19.5 Å². The second-order valence-electron chi connectivity index (χ2n) is 8.06. The number of rotatable bonds is 4.